The van der Waals surface area contributed by atoms with Crippen LogP contribution in [0.5, 0.6) is 5.75 Å². The Balaban J connectivity index is 1.36. The standard InChI is InChI=1S/C21H26N4O3S2/c1-28-17-4-2-3-16(12-17)25-9-7-24(8-10-25)13-18(22)21-23-19-6-5-15(14-30(26)27)11-20(19)29-21/h2-6,11-12,18H,7-10,13-14,22H2,1H3,(H,26,27)/p-1. The summed E-state index contributed by atoms with van der Waals surface area (Å²) in [6.07, 6.45) is 0. The normalized spacial score (nSPS) is 17.2. The minimum atomic E-state index is -2.09. The molecular formula is C21H25N4O3S2-. The fraction of sp³-hybridized carbons (Fsp3) is 0.381. The molecule has 3 aromatic rings. The van der Waals surface area contributed by atoms with Crippen molar-refractivity contribution in [1.29, 1.82) is 0 Å². The van der Waals surface area contributed by atoms with E-state index in [2.05, 4.69) is 26.9 Å². The van der Waals surface area contributed by atoms with E-state index in [1.54, 1.807) is 18.4 Å². The third-order valence-electron chi connectivity index (χ3n) is 5.32. The highest BCUT2D eigenvalue weighted by Gasteiger charge is 2.21. The molecule has 9 heteroatoms. The smallest absolute Gasteiger partial charge is 0.120 e. The number of ether oxygens (including phenoxy) is 1. The number of aromatic nitrogens is 1. The molecule has 2 N–H and O–H groups in total. The predicted molar refractivity (Wildman–Crippen MR) is 121 cm³/mol. The van der Waals surface area contributed by atoms with Crippen LogP contribution in [0.15, 0.2) is 42.5 Å². The number of hydrogen-bond acceptors (Lipinski definition) is 8. The Bertz CT molecular complexity index is 1030. The molecule has 1 aliphatic rings. The van der Waals surface area contributed by atoms with E-state index in [-0.39, 0.29) is 11.8 Å². The zero-order valence-electron chi connectivity index (χ0n) is 16.8. The summed E-state index contributed by atoms with van der Waals surface area (Å²) in [5.74, 6) is 0.893. The van der Waals surface area contributed by atoms with Crippen LogP contribution in [0.2, 0.25) is 0 Å². The molecule has 0 spiro atoms. The van der Waals surface area contributed by atoms with Crippen molar-refractivity contribution in [3.05, 3.63) is 53.0 Å². The van der Waals surface area contributed by atoms with Crippen LogP contribution >= 0.6 is 11.3 Å². The van der Waals surface area contributed by atoms with Gasteiger partial charge in [0.25, 0.3) is 0 Å². The van der Waals surface area contributed by atoms with Crippen LogP contribution in [0, 0.1) is 0 Å². The van der Waals surface area contributed by atoms with Gasteiger partial charge in [0, 0.05) is 50.2 Å². The number of piperazine rings is 1. The Hall–Kier alpha value is -2.04. The number of hydrogen-bond donors (Lipinski definition) is 1. The second-order valence-electron chi connectivity index (χ2n) is 7.40. The van der Waals surface area contributed by atoms with Crippen molar-refractivity contribution < 1.29 is 13.5 Å². The minimum absolute atomic E-state index is 0.0206. The molecule has 2 atom stereocenters. The first kappa shape index (κ1) is 21.2. The molecule has 4 rings (SSSR count). The zero-order chi connectivity index (χ0) is 21.1. The maximum Gasteiger partial charge on any atom is 0.120 e. The average molecular weight is 446 g/mol. The van der Waals surface area contributed by atoms with E-state index in [0.29, 0.717) is 0 Å². The van der Waals surface area contributed by atoms with E-state index >= 15 is 0 Å². The fourth-order valence-electron chi connectivity index (χ4n) is 3.72. The topological polar surface area (TPSA) is 94.8 Å². The highest BCUT2D eigenvalue weighted by atomic mass is 32.2. The Kier molecular flexibility index (Phi) is 6.64. The van der Waals surface area contributed by atoms with Gasteiger partial charge in [-0.1, -0.05) is 23.2 Å². The molecular weight excluding hydrogens is 420 g/mol. The number of fused-ring (bicyclic) bond motifs is 1. The summed E-state index contributed by atoms with van der Waals surface area (Å²) < 4.78 is 28.2. The van der Waals surface area contributed by atoms with Gasteiger partial charge in [0.05, 0.1) is 23.4 Å². The number of methoxy groups -OCH3 is 1. The van der Waals surface area contributed by atoms with Gasteiger partial charge in [0.15, 0.2) is 0 Å². The SMILES string of the molecule is COc1cccc(N2CCN(CC(N)c3nc4ccc(CS(=O)[O-])cc4s3)CC2)c1. The summed E-state index contributed by atoms with van der Waals surface area (Å²) in [6.45, 7) is 4.51. The lowest BCUT2D eigenvalue weighted by Crippen LogP contribution is -2.48. The molecule has 0 bridgehead atoms. The summed E-state index contributed by atoms with van der Waals surface area (Å²) in [7, 11) is 1.69. The molecule has 1 fully saturated rings. The lowest BCUT2D eigenvalue weighted by Gasteiger charge is -2.37. The molecule has 1 aliphatic heterocycles. The van der Waals surface area contributed by atoms with Gasteiger partial charge in [-0.05, 0) is 29.8 Å². The van der Waals surface area contributed by atoms with E-state index in [9.17, 15) is 8.76 Å². The largest absolute Gasteiger partial charge is 0.772 e. The van der Waals surface area contributed by atoms with Crippen LogP contribution in [0.1, 0.15) is 16.6 Å². The molecule has 7 nitrogen and oxygen atoms in total. The fourth-order valence-corrected chi connectivity index (χ4v) is 5.20. The van der Waals surface area contributed by atoms with Gasteiger partial charge in [-0.15, -0.1) is 11.3 Å². The van der Waals surface area contributed by atoms with Gasteiger partial charge in [-0.2, -0.15) is 0 Å². The summed E-state index contributed by atoms with van der Waals surface area (Å²) >= 11 is -0.545. The summed E-state index contributed by atoms with van der Waals surface area (Å²) in [5, 5.41) is 0.889. The number of rotatable bonds is 7. The van der Waals surface area contributed by atoms with E-state index in [1.165, 1.54) is 5.69 Å². The van der Waals surface area contributed by atoms with E-state index in [0.717, 1.165) is 59.3 Å². The van der Waals surface area contributed by atoms with Crippen molar-refractivity contribution in [2.24, 2.45) is 5.73 Å². The van der Waals surface area contributed by atoms with Crippen molar-refractivity contribution in [3.63, 3.8) is 0 Å². The molecule has 1 aromatic heterocycles. The second-order valence-corrected chi connectivity index (χ2v) is 9.36. The Morgan fingerprint density at radius 1 is 1.23 bits per heavy atom. The highest BCUT2D eigenvalue weighted by molar-refractivity contribution is 7.78. The molecule has 1 saturated heterocycles. The summed E-state index contributed by atoms with van der Waals surface area (Å²) in [5.41, 5.74) is 9.29. The van der Waals surface area contributed by atoms with Crippen molar-refractivity contribution in [1.82, 2.24) is 9.88 Å². The van der Waals surface area contributed by atoms with Crippen LogP contribution in [-0.2, 0) is 16.8 Å². The first-order valence-corrected chi connectivity index (χ1v) is 11.9. The molecule has 0 aliphatic carbocycles. The number of thiazole rings is 1. The maximum absolute atomic E-state index is 10.9. The number of nitrogens with zero attached hydrogens (tertiary/aromatic N) is 3. The first-order valence-electron chi connectivity index (χ1n) is 9.84. The van der Waals surface area contributed by atoms with Crippen LogP contribution in [0.4, 0.5) is 5.69 Å². The Labute approximate surface area is 182 Å². The van der Waals surface area contributed by atoms with Crippen LogP contribution in [0.3, 0.4) is 0 Å². The monoisotopic (exact) mass is 445 g/mol. The van der Waals surface area contributed by atoms with Gasteiger partial charge in [-0.3, -0.25) is 9.11 Å². The van der Waals surface area contributed by atoms with Gasteiger partial charge in [-0.25, -0.2) is 4.98 Å². The quantitative estimate of drug-likeness (QED) is 0.558. The molecule has 2 heterocycles. The average Bonchev–Trinajstić information content (AvgIpc) is 3.17. The van der Waals surface area contributed by atoms with Gasteiger partial charge in [0.2, 0.25) is 0 Å². The Morgan fingerprint density at radius 2 is 2.03 bits per heavy atom. The second kappa shape index (κ2) is 9.40. The number of nitrogens with two attached hydrogens (primary N) is 1. The molecule has 0 radical (unpaired) electrons. The van der Waals surface area contributed by atoms with Crippen molar-refractivity contribution in [2.45, 2.75) is 11.8 Å². The van der Waals surface area contributed by atoms with Gasteiger partial charge in [0.1, 0.15) is 10.8 Å². The molecule has 0 saturated carbocycles. The zero-order valence-corrected chi connectivity index (χ0v) is 18.5. The number of anilines is 1. The van der Waals surface area contributed by atoms with Crippen molar-refractivity contribution in [3.8, 4) is 5.75 Å². The lowest BCUT2D eigenvalue weighted by molar-refractivity contribution is 0.243. The van der Waals surface area contributed by atoms with Gasteiger partial charge < -0.3 is 19.9 Å². The predicted octanol–water partition coefficient (Wildman–Crippen LogP) is 2.51. The van der Waals surface area contributed by atoms with Crippen LogP contribution in [0.25, 0.3) is 10.2 Å². The molecule has 2 unspecified atom stereocenters. The van der Waals surface area contributed by atoms with Gasteiger partial charge >= 0.3 is 0 Å². The number of benzene rings is 2. The summed E-state index contributed by atoms with van der Waals surface area (Å²) in [6, 6.07) is 13.6. The minimum Gasteiger partial charge on any atom is -0.772 e. The van der Waals surface area contributed by atoms with E-state index < -0.39 is 11.1 Å². The lowest BCUT2D eigenvalue weighted by atomic mass is 10.2. The van der Waals surface area contributed by atoms with Crippen LogP contribution in [-0.4, -0.2) is 58.5 Å². The molecule has 30 heavy (non-hydrogen) atoms. The summed E-state index contributed by atoms with van der Waals surface area (Å²) in [4.78, 5) is 9.41. The molecule has 160 valence electrons. The molecule has 0 amide bonds. The van der Waals surface area contributed by atoms with Crippen molar-refractivity contribution in [2.75, 3.05) is 44.7 Å². The maximum atomic E-state index is 10.9. The van der Waals surface area contributed by atoms with Crippen LogP contribution < -0.4 is 15.4 Å². The third kappa shape index (κ3) is 4.98. The van der Waals surface area contributed by atoms with E-state index in [1.807, 2.05) is 30.3 Å². The molecule has 2 aromatic carbocycles. The van der Waals surface area contributed by atoms with Crippen molar-refractivity contribution >= 4 is 38.3 Å². The third-order valence-corrected chi connectivity index (χ3v) is 7.04. The highest BCUT2D eigenvalue weighted by Crippen LogP contribution is 2.28. The van der Waals surface area contributed by atoms with E-state index in [4.69, 9.17) is 10.5 Å². The Morgan fingerprint density at radius 3 is 2.77 bits per heavy atom. The first-order chi connectivity index (χ1) is 14.5.